The van der Waals surface area contributed by atoms with Crippen molar-refractivity contribution in [3.8, 4) is 0 Å². The Balaban J connectivity index is 3.22. The van der Waals surface area contributed by atoms with Crippen LogP contribution in [0.25, 0.3) is 0 Å². The lowest BCUT2D eigenvalue weighted by atomic mass is 10.1. The predicted octanol–water partition coefficient (Wildman–Crippen LogP) is 1.86. The molecule has 0 aliphatic carbocycles. The average Bonchev–Trinajstić information content (AvgIpc) is 1.87. The molecule has 0 aromatic heterocycles. The van der Waals surface area contributed by atoms with Crippen molar-refractivity contribution < 1.29 is 4.39 Å². The molecule has 2 unspecified atom stereocenters. The van der Waals surface area contributed by atoms with Crippen LogP contribution in [0.1, 0.15) is 33.1 Å². The van der Waals surface area contributed by atoms with Crippen LogP contribution in [0.2, 0.25) is 0 Å². The van der Waals surface area contributed by atoms with E-state index in [1.54, 1.807) is 0 Å². The van der Waals surface area contributed by atoms with Crippen molar-refractivity contribution in [3.05, 3.63) is 0 Å². The molecule has 0 aromatic rings. The highest BCUT2D eigenvalue weighted by Crippen LogP contribution is 2.06. The van der Waals surface area contributed by atoms with Gasteiger partial charge >= 0.3 is 0 Å². The Labute approximate surface area is 56.4 Å². The maximum atomic E-state index is 12.5. The number of hydrogen-bond acceptors (Lipinski definition) is 1. The Morgan fingerprint density at radius 3 is 2.22 bits per heavy atom. The van der Waals surface area contributed by atoms with Gasteiger partial charge in [0.2, 0.25) is 0 Å². The smallest absolute Gasteiger partial charge is 0.101 e. The van der Waals surface area contributed by atoms with Crippen molar-refractivity contribution in [1.29, 1.82) is 0 Å². The molecule has 9 heavy (non-hydrogen) atoms. The average molecular weight is 133 g/mol. The van der Waals surface area contributed by atoms with Crippen molar-refractivity contribution in [2.75, 3.05) is 0 Å². The van der Waals surface area contributed by atoms with E-state index in [1.165, 1.54) is 0 Å². The first-order chi connectivity index (χ1) is 4.20. The lowest BCUT2D eigenvalue weighted by molar-refractivity contribution is 0.284. The van der Waals surface area contributed by atoms with Crippen LogP contribution in [-0.2, 0) is 0 Å². The van der Waals surface area contributed by atoms with Gasteiger partial charge in [0.1, 0.15) is 6.17 Å². The van der Waals surface area contributed by atoms with Gasteiger partial charge in [0.05, 0.1) is 0 Å². The van der Waals surface area contributed by atoms with Crippen LogP contribution in [0, 0.1) is 0 Å². The van der Waals surface area contributed by atoms with Crippen molar-refractivity contribution >= 4 is 0 Å². The van der Waals surface area contributed by atoms with E-state index in [2.05, 4.69) is 0 Å². The van der Waals surface area contributed by atoms with Gasteiger partial charge in [0.15, 0.2) is 0 Å². The van der Waals surface area contributed by atoms with E-state index in [4.69, 9.17) is 5.73 Å². The van der Waals surface area contributed by atoms with Crippen LogP contribution in [0.4, 0.5) is 4.39 Å². The lowest BCUT2D eigenvalue weighted by Gasteiger charge is -2.10. The third-order valence-corrected chi connectivity index (χ3v) is 1.53. The van der Waals surface area contributed by atoms with E-state index in [0.29, 0.717) is 12.8 Å². The Bertz CT molecular complexity index is 57.9. The summed E-state index contributed by atoms with van der Waals surface area (Å²) in [5, 5.41) is 0. The van der Waals surface area contributed by atoms with Gasteiger partial charge in [-0.15, -0.1) is 0 Å². The Morgan fingerprint density at radius 2 is 1.89 bits per heavy atom. The second kappa shape index (κ2) is 4.74. The van der Waals surface area contributed by atoms with Crippen LogP contribution < -0.4 is 5.73 Å². The maximum Gasteiger partial charge on any atom is 0.101 e. The Hall–Kier alpha value is -0.110. The van der Waals surface area contributed by atoms with Crippen molar-refractivity contribution in [1.82, 2.24) is 0 Å². The Morgan fingerprint density at radius 1 is 1.33 bits per heavy atom. The largest absolute Gasteiger partial charge is 0.328 e. The van der Waals surface area contributed by atoms with Crippen molar-refractivity contribution in [2.24, 2.45) is 5.73 Å². The normalized spacial score (nSPS) is 17.3. The fraction of sp³-hybridized carbons (Fsp3) is 1.00. The molecule has 0 spiro atoms. The van der Waals surface area contributed by atoms with Gasteiger partial charge < -0.3 is 5.73 Å². The summed E-state index contributed by atoms with van der Waals surface area (Å²) in [6.45, 7) is 3.82. The van der Waals surface area contributed by atoms with E-state index >= 15 is 0 Å². The summed E-state index contributed by atoms with van der Waals surface area (Å²) in [7, 11) is 0. The van der Waals surface area contributed by atoms with Gasteiger partial charge in [-0.05, 0) is 19.3 Å². The molecule has 0 saturated carbocycles. The third kappa shape index (κ3) is 4.40. The minimum atomic E-state index is -0.694. The first-order valence-electron chi connectivity index (χ1n) is 3.60. The molecular weight excluding hydrogens is 117 g/mol. The molecule has 0 aromatic carbocycles. The van der Waals surface area contributed by atoms with Gasteiger partial charge in [-0.25, -0.2) is 4.39 Å². The molecule has 0 amide bonds. The summed E-state index contributed by atoms with van der Waals surface area (Å²) in [5.74, 6) is 0. The van der Waals surface area contributed by atoms with Crippen LogP contribution in [0.5, 0.6) is 0 Å². The quantitative estimate of drug-likeness (QED) is 0.622. The monoisotopic (exact) mass is 133 g/mol. The van der Waals surface area contributed by atoms with Crippen LogP contribution >= 0.6 is 0 Å². The zero-order valence-electron chi connectivity index (χ0n) is 6.23. The lowest BCUT2D eigenvalue weighted by Crippen LogP contribution is -2.22. The van der Waals surface area contributed by atoms with E-state index in [-0.39, 0.29) is 6.04 Å². The van der Waals surface area contributed by atoms with E-state index in [9.17, 15) is 4.39 Å². The highest BCUT2D eigenvalue weighted by molar-refractivity contribution is 4.64. The zero-order chi connectivity index (χ0) is 7.28. The van der Waals surface area contributed by atoms with Crippen LogP contribution in [0.3, 0.4) is 0 Å². The molecule has 0 rings (SSSR count). The number of alkyl halides is 1. The molecule has 2 atom stereocenters. The van der Waals surface area contributed by atoms with Crippen molar-refractivity contribution in [3.63, 3.8) is 0 Å². The molecule has 0 bridgehead atoms. The van der Waals surface area contributed by atoms with Crippen molar-refractivity contribution in [2.45, 2.75) is 45.3 Å². The summed E-state index contributed by atoms with van der Waals surface area (Å²) < 4.78 is 12.5. The fourth-order valence-corrected chi connectivity index (χ4v) is 0.662. The number of hydrogen-bond donors (Lipinski definition) is 1. The molecule has 0 fully saturated rings. The van der Waals surface area contributed by atoms with Gasteiger partial charge in [-0.1, -0.05) is 13.8 Å². The molecule has 0 radical (unpaired) electrons. The first kappa shape index (κ1) is 8.89. The minimum absolute atomic E-state index is 0.0555. The molecule has 0 saturated heterocycles. The summed E-state index contributed by atoms with van der Waals surface area (Å²) >= 11 is 0. The fourth-order valence-electron chi connectivity index (χ4n) is 0.662. The molecule has 0 heterocycles. The number of nitrogens with two attached hydrogens (primary N) is 1. The second-order valence-electron chi connectivity index (χ2n) is 2.41. The van der Waals surface area contributed by atoms with Gasteiger partial charge in [-0.3, -0.25) is 0 Å². The predicted molar refractivity (Wildman–Crippen MR) is 38.1 cm³/mol. The maximum absolute atomic E-state index is 12.5. The number of halogens is 1. The van der Waals surface area contributed by atoms with Crippen LogP contribution in [-0.4, -0.2) is 12.2 Å². The summed E-state index contributed by atoms with van der Waals surface area (Å²) in [6.07, 6.45) is 1.29. The molecule has 2 heteroatoms. The Kier molecular flexibility index (Phi) is 4.68. The topological polar surface area (TPSA) is 26.0 Å². The second-order valence-corrected chi connectivity index (χ2v) is 2.41. The third-order valence-electron chi connectivity index (χ3n) is 1.53. The molecule has 56 valence electrons. The van der Waals surface area contributed by atoms with Gasteiger partial charge in [0, 0.05) is 6.04 Å². The van der Waals surface area contributed by atoms with Gasteiger partial charge in [0.25, 0.3) is 0 Å². The standard InChI is InChI=1S/C7H16FN/c1-3-6(8)5-7(9)4-2/h6-7H,3-5,9H2,1-2H3. The highest BCUT2D eigenvalue weighted by atomic mass is 19.1. The molecule has 1 nitrogen and oxygen atoms in total. The van der Waals surface area contributed by atoms with Crippen LogP contribution in [0.15, 0.2) is 0 Å². The number of rotatable bonds is 4. The molecule has 2 N–H and O–H groups in total. The summed E-state index contributed by atoms with van der Waals surface area (Å²) in [6, 6.07) is 0.0555. The summed E-state index contributed by atoms with van der Waals surface area (Å²) in [4.78, 5) is 0. The van der Waals surface area contributed by atoms with E-state index in [1.807, 2.05) is 13.8 Å². The summed E-state index contributed by atoms with van der Waals surface area (Å²) in [5.41, 5.74) is 5.51. The van der Waals surface area contributed by atoms with E-state index in [0.717, 1.165) is 6.42 Å². The molecule has 0 aliphatic rings. The SMILES string of the molecule is CCC(N)CC(F)CC. The minimum Gasteiger partial charge on any atom is -0.328 e. The van der Waals surface area contributed by atoms with E-state index < -0.39 is 6.17 Å². The van der Waals surface area contributed by atoms with Gasteiger partial charge in [-0.2, -0.15) is 0 Å². The molecule has 0 aliphatic heterocycles. The zero-order valence-corrected chi connectivity index (χ0v) is 6.23. The highest BCUT2D eigenvalue weighted by Gasteiger charge is 2.07. The first-order valence-corrected chi connectivity index (χ1v) is 3.60. The molecular formula is C7H16FN.